The summed E-state index contributed by atoms with van der Waals surface area (Å²) in [5.41, 5.74) is 1.03. The third-order valence-corrected chi connectivity index (χ3v) is 4.28. The van der Waals surface area contributed by atoms with Crippen LogP contribution in [0.5, 0.6) is 0 Å². The summed E-state index contributed by atoms with van der Waals surface area (Å²) in [6.07, 6.45) is 1.38. The molecular weight excluding hydrogens is 316 g/mol. The topological polar surface area (TPSA) is 62.2 Å². The van der Waals surface area contributed by atoms with Crippen molar-refractivity contribution in [3.05, 3.63) is 50.4 Å². The molecule has 4 nitrogen and oxygen atoms in total. The second-order valence-electron chi connectivity index (χ2n) is 3.64. The molecule has 0 saturated carbocycles. The molecule has 2 aromatic heterocycles. The van der Waals surface area contributed by atoms with Gasteiger partial charge in [-0.3, -0.25) is 4.98 Å². The van der Waals surface area contributed by atoms with Gasteiger partial charge in [0.2, 0.25) is 0 Å². The fourth-order valence-corrected chi connectivity index (χ4v) is 2.87. The van der Waals surface area contributed by atoms with Crippen LogP contribution in [0.15, 0.2) is 34.2 Å². The Morgan fingerprint density at radius 2 is 2.22 bits per heavy atom. The monoisotopic (exact) mass is 326 g/mol. The van der Waals surface area contributed by atoms with Gasteiger partial charge in [-0.2, -0.15) is 0 Å². The van der Waals surface area contributed by atoms with Gasteiger partial charge in [0.25, 0.3) is 0 Å². The van der Waals surface area contributed by atoms with Crippen LogP contribution in [0.2, 0.25) is 0 Å². The number of nitrogens with one attached hydrogen (secondary N) is 1. The minimum atomic E-state index is -0.954. The van der Waals surface area contributed by atoms with Gasteiger partial charge in [-0.1, -0.05) is 0 Å². The van der Waals surface area contributed by atoms with Crippen LogP contribution >= 0.6 is 27.3 Å². The Hall–Kier alpha value is -1.24. The summed E-state index contributed by atoms with van der Waals surface area (Å²) < 4.78 is 1.11. The Bertz CT molecular complexity index is 539. The average Bonchev–Trinajstić information content (AvgIpc) is 2.76. The molecule has 0 radical (unpaired) electrons. The van der Waals surface area contributed by atoms with Crippen LogP contribution in [0.3, 0.4) is 0 Å². The molecule has 0 bridgehead atoms. The lowest BCUT2D eigenvalue weighted by atomic mass is 10.2. The highest BCUT2D eigenvalue weighted by Crippen LogP contribution is 2.22. The van der Waals surface area contributed by atoms with Gasteiger partial charge in [-0.25, -0.2) is 4.79 Å². The number of pyridine rings is 1. The summed E-state index contributed by atoms with van der Waals surface area (Å²) in [6, 6.07) is 5.30. The first-order chi connectivity index (χ1) is 8.66. The van der Waals surface area contributed by atoms with E-state index < -0.39 is 5.97 Å². The molecule has 0 aromatic carbocycles. The lowest BCUT2D eigenvalue weighted by Crippen LogP contribution is -2.13. The molecule has 94 valence electrons. The molecule has 0 aliphatic rings. The molecule has 0 atom stereocenters. The number of carboxylic acid groups (broad SMARTS) is 1. The largest absolute Gasteiger partial charge is 0.478 e. The quantitative estimate of drug-likeness (QED) is 0.886. The number of carboxylic acids is 1. The van der Waals surface area contributed by atoms with Gasteiger partial charge in [0.15, 0.2) is 0 Å². The van der Waals surface area contributed by atoms with Gasteiger partial charge < -0.3 is 10.4 Å². The van der Waals surface area contributed by atoms with Crippen molar-refractivity contribution < 1.29 is 9.90 Å². The molecule has 0 fully saturated rings. The number of carbonyl (C=O) groups is 1. The molecule has 6 heteroatoms. The smallest absolute Gasteiger partial charge is 0.337 e. The summed E-state index contributed by atoms with van der Waals surface area (Å²) in [6.45, 7) is 1.38. The number of halogens is 1. The van der Waals surface area contributed by atoms with Crippen LogP contribution in [0, 0.1) is 0 Å². The Balaban J connectivity index is 1.87. The molecule has 0 aliphatic heterocycles. The minimum absolute atomic E-state index is 0.208. The lowest BCUT2D eigenvalue weighted by molar-refractivity contribution is 0.0696. The van der Waals surface area contributed by atoms with Crippen molar-refractivity contribution in [2.45, 2.75) is 13.1 Å². The number of nitrogens with zero attached hydrogens (tertiary/aromatic N) is 1. The number of aromatic carboxylic acids is 1. The predicted molar refractivity (Wildman–Crippen MR) is 73.8 cm³/mol. The number of thiophene rings is 1. The zero-order valence-electron chi connectivity index (χ0n) is 9.39. The minimum Gasteiger partial charge on any atom is -0.478 e. The molecule has 0 spiro atoms. The van der Waals surface area contributed by atoms with E-state index in [1.54, 1.807) is 23.5 Å². The first-order valence-electron chi connectivity index (χ1n) is 5.27. The van der Waals surface area contributed by atoms with Gasteiger partial charge in [-0.15, -0.1) is 11.3 Å². The van der Waals surface area contributed by atoms with Crippen LogP contribution in [0.25, 0.3) is 0 Å². The predicted octanol–water partition coefficient (Wildman–Crippen LogP) is 2.89. The van der Waals surface area contributed by atoms with E-state index in [0.29, 0.717) is 6.54 Å². The van der Waals surface area contributed by atoms with Crippen molar-refractivity contribution in [1.82, 2.24) is 10.3 Å². The molecule has 0 unspecified atom stereocenters. The van der Waals surface area contributed by atoms with Crippen LogP contribution in [0.1, 0.15) is 20.9 Å². The second kappa shape index (κ2) is 6.08. The molecule has 2 N–H and O–H groups in total. The fraction of sp³-hybridized carbons (Fsp3) is 0.167. The van der Waals surface area contributed by atoms with Crippen molar-refractivity contribution in [3.63, 3.8) is 0 Å². The van der Waals surface area contributed by atoms with Crippen LogP contribution in [0.4, 0.5) is 0 Å². The highest BCUT2D eigenvalue weighted by Gasteiger charge is 2.04. The van der Waals surface area contributed by atoms with Crippen molar-refractivity contribution in [2.24, 2.45) is 0 Å². The molecule has 0 saturated heterocycles. The standard InChI is InChI=1S/C12H11BrN2O2S/c13-10-3-4-18-11(10)7-14-6-9-2-1-8(5-15-9)12(16)17/h1-5,14H,6-7H2,(H,16,17). The van der Waals surface area contributed by atoms with Crippen molar-refractivity contribution in [3.8, 4) is 0 Å². The first-order valence-corrected chi connectivity index (χ1v) is 6.95. The van der Waals surface area contributed by atoms with Gasteiger partial charge in [0, 0.05) is 28.6 Å². The van der Waals surface area contributed by atoms with Gasteiger partial charge >= 0.3 is 5.97 Å². The van der Waals surface area contributed by atoms with E-state index in [1.807, 2.05) is 11.4 Å². The summed E-state index contributed by atoms with van der Waals surface area (Å²) in [5.74, 6) is -0.954. The molecule has 0 aliphatic carbocycles. The van der Waals surface area contributed by atoms with E-state index in [-0.39, 0.29) is 5.56 Å². The van der Waals surface area contributed by atoms with E-state index in [4.69, 9.17) is 5.11 Å². The Morgan fingerprint density at radius 1 is 1.39 bits per heavy atom. The van der Waals surface area contributed by atoms with Crippen molar-refractivity contribution in [2.75, 3.05) is 0 Å². The Morgan fingerprint density at radius 3 is 2.78 bits per heavy atom. The SMILES string of the molecule is O=C(O)c1ccc(CNCc2sccc2Br)nc1. The summed E-state index contributed by atoms with van der Waals surface area (Å²) in [7, 11) is 0. The molecule has 2 rings (SSSR count). The van der Waals surface area contributed by atoms with Gasteiger partial charge in [-0.05, 0) is 39.5 Å². The fourth-order valence-electron chi connectivity index (χ4n) is 1.41. The van der Waals surface area contributed by atoms with Crippen LogP contribution in [-0.2, 0) is 13.1 Å². The maximum atomic E-state index is 10.7. The summed E-state index contributed by atoms with van der Waals surface area (Å²) in [4.78, 5) is 16.0. The van der Waals surface area contributed by atoms with E-state index in [1.165, 1.54) is 11.1 Å². The van der Waals surface area contributed by atoms with E-state index in [9.17, 15) is 4.79 Å². The van der Waals surface area contributed by atoms with Crippen molar-refractivity contribution >= 4 is 33.2 Å². The lowest BCUT2D eigenvalue weighted by Gasteiger charge is -2.03. The zero-order valence-corrected chi connectivity index (χ0v) is 11.8. The first kappa shape index (κ1) is 13.2. The van der Waals surface area contributed by atoms with E-state index >= 15 is 0 Å². The van der Waals surface area contributed by atoms with E-state index in [0.717, 1.165) is 16.7 Å². The van der Waals surface area contributed by atoms with Crippen LogP contribution < -0.4 is 5.32 Å². The van der Waals surface area contributed by atoms with Crippen molar-refractivity contribution in [1.29, 1.82) is 0 Å². The summed E-state index contributed by atoms with van der Waals surface area (Å²) in [5, 5.41) is 14.0. The maximum Gasteiger partial charge on any atom is 0.337 e. The Kier molecular flexibility index (Phi) is 4.46. The molecule has 18 heavy (non-hydrogen) atoms. The molecular formula is C12H11BrN2O2S. The number of rotatable bonds is 5. The molecule has 2 heterocycles. The number of aromatic nitrogens is 1. The highest BCUT2D eigenvalue weighted by atomic mass is 79.9. The van der Waals surface area contributed by atoms with E-state index in [2.05, 4.69) is 26.2 Å². The summed E-state index contributed by atoms with van der Waals surface area (Å²) >= 11 is 5.15. The zero-order chi connectivity index (χ0) is 13.0. The molecule has 2 aromatic rings. The average molecular weight is 327 g/mol. The second-order valence-corrected chi connectivity index (χ2v) is 5.49. The third kappa shape index (κ3) is 3.38. The van der Waals surface area contributed by atoms with Gasteiger partial charge in [0.05, 0.1) is 11.3 Å². The van der Waals surface area contributed by atoms with Crippen LogP contribution in [-0.4, -0.2) is 16.1 Å². The highest BCUT2D eigenvalue weighted by molar-refractivity contribution is 9.10. The number of hydrogen-bond donors (Lipinski definition) is 2. The van der Waals surface area contributed by atoms with Gasteiger partial charge in [0.1, 0.15) is 0 Å². The molecule has 0 amide bonds. The Labute approximate surface area is 117 Å². The number of hydrogen-bond acceptors (Lipinski definition) is 4. The normalized spacial score (nSPS) is 10.5. The maximum absolute atomic E-state index is 10.7. The third-order valence-electron chi connectivity index (χ3n) is 2.35.